The molecule has 4 heteroatoms. The fourth-order valence-corrected chi connectivity index (χ4v) is 5.48. The topological polar surface area (TPSA) is 28.2 Å². The zero-order chi connectivity index (χ0) is 14.2. The van der Waals surface area contributed by atoms with Crippen molar-refractivity contribution < 1.29 is 0 Å². The van der Waals surface area contributed by atoms with E-state index < -0.39 is 0 Å². The summed E-state index contributed by atoms with van der Waals surface area (Å²) in [6, 6.07) is 0. The van der Waals surface area contributed by atoms with Gasteiger partial charge in [-0.3, -0.25) is 9.88 Å². The average Bonchev–Trinajstić information content (AvgIpc) is 3.17. The summed E-state index contributed by atoms with van der Waals surface area (Å²) in [5, 5.41) is 4.01. The van der Waals surface area contributed by atoms with Crippen LogP contribution < -0.4 is 5.32 Å². The highest BCUT2D eigenvalue weighted by molar-refractivity contribution is 7.09. The summed E-state index contributed by atoms with van der Waals surface area (Å²) in [5.74, 6) is 0. The molecule has 0 aromatic carbocycles. The summed E-state index contributed by atoms with van der Waals surface area (Å²) < 4.78 is 0. The number of piperazine rings is 1. The second kappa shape index (κ2) is 5.64. The first kappa shape index (κ1) is 14.2. The van der Waals surface area contributed by atoms with Gasteiger partial charge in [-0.2, -0.15) is 0 Å². The Hall–Kier alpha value is -0.450. The molecular formula is C17H27N3S. The van der Waals surface area contributed by atoms with Gasteiger partial charge in [0.15, 0.2) is 0 Å². The van der Waals surface area contributed by atoms with Gasteiger partial charge in [0, 0.05) is 41.8 Å². The molecule has 3 aliphatic rings. The Morgan fingerprint density at radius 2 is 1.86 bits per heavy atom. The monoisotopic (exact) mass is 305 g/mol. The largest absolute Gasteiger partial charge is 0.308 e. The Morgan fingerprint density at radius 1 is 1.10 bits per heavy atom. The van der Waals surface area contributed by atoms with Gasteiger partial charge in [0.2, 0.25) is 0 Å². The first-order valence-electron chi connectivity index (χ1n) is 8.68. The van der Waals surface area contributed by atoms with Gasteiger partial charge in [-0.25, -0.2) is 0 Å². The predicted molar refractivity (Wildman–Crippen MR) is 87.5 cm³/mol. The summed E-state index contributed by atoms with van der Waals surface area (Å²) in [5.41, 5.74) is 2.83. The van der Waals surface area contributed by atoms with Gasteiger partial charge in [-0.1, -0.05) is 32.1 Å². The molecule has 1 aromatic rings. The Labute approximate surface area is 132 Å². The second-order valence-corrected chi connectivity index (χ2v) is 8.42. The maximum Gasteiger partial charge on any atom is 0.0794 e. The lowest BCUT2D eigenvalue weighted by atomic mass is 9.76. The fourth-order valence-electron chi connectivity index (χ4n) is 4.87. The second-order valence-electron chi connectivity index (χ2n) is 7.45. The highest BCUT2D eigenvalue weighted by Crippen LogP contribution is 2.42. The standard InChI is InChI=1S/C17H27N3S/c1-2-8-17(9-3-1)12-19-16(6-4-5-7-16)13-20(17)11-15-10-18-14-21-15/h10,14,19H,1-9,11-13H2. The molecule has 0 amide bonds. The van der Waals surface area contributed by atoms with Crippen LogP contribution in [0.2, 0.25) is 0 Å². The molecule has 0 atom stereocenters. The first-order valence-corrected chi connectivity index (χ1v) is 9.56. The lowest BCUT2D eigenvalue weighted by molar-refractivity contribution is -0.0231. The van der Waals surface area contributed by atoms with Gasteiger partial charge in [-0.05, 0) is 25.7 Å². The van der Waals surface area contributed by atoms with Crippen LogP contribution in [0.4, 0.5) is 0 Å². The zero-order valence-electron chi connectivity index (χ0n) is 12.9. The number of hydrogen-bond acceptors (Lipinski definition) is 4. The number of hydrogen-bond donors (Lipinski definition) is 1. The molecule has 3 nitrogen and oxygen atoms in total. The molecule has 116 valence electrons. The summed E-state index contributed by atoms with van der Waals surface area (Å²) in [6.07, 6.45) is 14.7. The first-order chi connectivity index (χ1) is 10.3. The Kier molecular flexibility index (Phi) is 3.80. The van der Waals surface area contributed by atoms with Gasteiger partial charge in [0.25, 0.3) is 0 Å². The molecule has 1 aliphatic heterocycles. The third-order valence-electron chi connectivity index (χ3n) is 6.13. The van der Waals surface area contributed by atoms with Crippen LogP contribution in [0.3, 0.4) is 0 Å². The van der Waals surface area contributed by atoms with Gasteiger partial charge in [0.05, 0.1) is 5.51 Å². The minimum atomic E-state index is 0.424. The number of thiazole rings is 1. The van der Waals surface area contributed by atoms with Crippen molar-refractivity contribution in [3.05, 3.63) is 16.6 Å². The number of nitrogens with zero attached hydrogens (tertiary/aromatic N) is 2. The molecule has 0 radical (unpaired) electrons. The molecule has 2 saturated carbocycles. The molecular weight excluding hydrogens is 278 g/mol. The highest BCUT2D eigenvalue weighted by atomic mass is 32.1. The molecule has 2 aliphatic carbocycles. The minimum absolute atomic E-state index is 0.424. The van der Waals surface area contributed by atoms with E-state index in [9.17, 15) is 0 Å². The van der Waals surface area contributed by atoms with E-state index in [4.69, 9.17) is 0 Å². The molecule has 0 bridgehead atoms. The molecule has 0 unspecified atom stereocenters. The van der Waals surface area contributed by atoms with Crippen molar-refractivity contribution in [2.24, 2.45) is 0 Å². The van der Waals surface area contributed by atoms with Crippen LogP contribution >= 0.6 is 11.3 Å². The van der Waals surface area contributed by atoms with Crippen molar-refractivity contribution in [1.82, 2.24) is 15.2 Å². The van der Waals surface area contributed by atoms with Crippen LogP contribution in [0.15, 0.2) is 11.7 Å². The van der Waals surface area contributed by atoms with Crippen molar-refractivity contribution in [1.29, 1.82) is 0 Å². The molecule has 1 aromatic heterocycles. The van der Waals surface area contributed by atoms with E-state index in [1.807, 2.05) is 16.8 Å². The lowest BCUT2D eigenvalue weighted by Crippen LogP contribution is -2.69. The van der Waals surface area contributed by atoms with E-state index in [1.165, 1.54) is 75.8 Å². The summed E-state index contributed by atoms with van der Waals surface area (Å²) in [6.45, 7) is 3.59. The third-order valence-corrected chi connectivity index (χ3v) is 6.90. The molecule has 3 fully saturated rings. The Bertz CT molecular complexity index is 458. The Morgan fingerprint density at radius 3 is 2.57 bits per heavy atom. The van der Waals surface area contributed by atoms with Gasteiger partial charge in [0.1, 0.15) is 0 Å². The van der Waals surface area contributed by atoms with Gasteiger partial charge < -0.3 is 5.32 Å². The fraction of sp³-hybridized carbons (Fsp3) is 0.824. The van der Waals surface area contributed by atoms with Crippen molar-refractivity contribution in [3.8, 4) is 0 Å². The summed E-state index contributed by atoms with van der Waals surface area (Å²) in [7, 11) is 0. The maximum absolute atomic E-state index is 4.29. The maximum atomic E-state index is 4.29. The van der Waals surface area contributed by atoms with E-state index in [-0.39, 0.29) is 0 Å². The molecule has 1 N–H and O–H groups in total. The van der Waals surface area contributed by atoms with E-state index in [2.05, 4.69) is 21.4 Å². The minimum Gasteiger partial charge on any atom is -0.308 e. The van der Waals surface area contributed by atoms with Crippen LogP contribution in [0.1, 0.15) is 62.7 Å². The van der Waals surface area contributed by atoms with E-state index in [1.54, 1.807) is 0 Å². The lowest BCUT2D eigenvalue weighted by Gasteiger charge is -2.55. The van der Waals surface area contributed by atoms with Crippen LogP contribution in [0.25, 0.3) is 0 Å². The van der Waals surface area contributed by atoms with Crippen molar-refractivity contribution in [2.75, 3.05) is 13.1 Å². The average molecular weight is 305 g/mol. The highest BCUT2D eigenvalue weighted by Gasteiger charge is 2.48. The quantitative estimate of drug-likeness (QED) is 0.905. The van der Waals surface area contributed by atoms with Crippen molar-refractivity contribution in [2.45, 2.75) is 75.4 Å². The van der Waals surface area contributed by atoms with E-state index >= 15 is 0 Å². The van der Waals surface area contributed by atoms with Crippen LogP contribution in [0.5, 0.6) is 0 Å². The molecule has 4 rings (SSSR count). The molecule has 1 saturated heterocycles. The molecule has 2 heterocycles. The number of nitrogens with one attached hydrogen (secondary N) is 1. The number of rotatable bonds is 2. The van der Waals surface area contributed by atoms with Crippen molar-refractivity contribution in [3.63, 3.8) is 0 Å². The van der Waals surface area contributed by atoms with E-state index in [0.29, 0.717) is 11.1 Å². The van der Waals surface area contributed by atoms with E-state index in [0.717, 1.165) is 6.54 Å². The third kappa shape index (κ3) is 2.66. The van der Waals surface area contributed by atoms with Crippen LogP contribution in [0, 0.1) is 0 Å². The van der Waals surface area contributed by atoms with Gasteiger partial charge in [-0.15, -0.1) is 11.3 Å². The predicted octanol–water partition coefficient (Wildman–Crippen LogP) is 3.56. The van der Waals surface area contributed by atoms with Gasteiger partial charge >= 0.3 is 0 Å². The zero-order valence-corrected chi connectivity index (χ0v) is 13.8. The SMILES string of the molecule is c1ncc(CN2CC3(CCCC3)NCC23CCCCC3)s1. The Balaban J connectivity index is 1.57. The molecule has 2 spiro atoms. The summed E-state index contributed by atoms with van der Waals surface area (Å²) in [4.78, 5) is 8.57. The van der Waals surface area contributed by atoms with Crippen LogP contribution in [-0.4, -0.2) is 34.1 Å². The number of aromatic nitrogens is 1. The molecule has 21 heavy (non-hydrogen) atoms. The van der Waals surface area contributed by atoms with Crippen molar-refractivity contribution >= 4 is 11.3 Å². The van der Waals surface area contributed by atoms with Crippen LogP contribution in [-0.2, 0) is 6.54 Å². The smallest absolute Gasteiger partial charge is 0.0794 e. The summed E-state index contributed by atoms with van der Waals surface area (Å²) >= 11 is 1.82. The normalized spacial score (nSPS) is 28.4.